The molecule has 3 aromatic rings. The summed E-state index contributed by atoms with van der Waals surface area (Å²) in [6, 6.07) is 14.2. The van der Waals surface area contributed by atoms with Gasteiger partial charge in [0.15, 0.2) is 11.5 Å². The molecular formula is C25H29BrN4O3. The Balaban J connectivity index is 1.13. The van der Waals surface area contributed by atoms with E-state index in [1.807, 2.05) is 43.3 Å². The second-order valence-corrected chi connectivity index (χ2v) is 9.77. The van der Waals surface area contributed by atoms with E-state index in [1.54, 1.807) is 9.25 Å². The molecule has 2 aromatic carbocycles. The van der Waals surface area contributed by atoms with Crippen LogP contribution in [0.2, 0.25) is 0 Å². The van der Waals surface area contributed by atoms with Gasteiger partial charge in [-0.1, -0.05) is 46.3 Å². The van der Waals surface area contributed by atoms with Crippen LogP contribution in [0.3, 0.4) is 0 Å². The fourth-order valence-corrected chi connectivity index (χ4v) is 5.20. The normalized spacial score (nSPS) is 16.4. The molecule has 174 valence electrons. The van der Waals surface area contributed by atoms with Crippen molar-refractivity contribution in [3.63, 3.8) is 0 Å². The number of aryl methyl sites for hydroxylation is 1. The number of likely N-dealkylation sites (tertiary alicyclic amines) is 1. The molecular weight excluding hydrogens is 484 g/mol. The van der Waals surface area contributed by atoms with Crippen LogP contribution in [0.5, 0.6) is 11.5 Å². The molecule has 0 amide bonds. The first-order chi connectivity index (χ1) is 16.1. The SMILES string of the molecule is Cc1nn(CCN2CCC(Cc3cc4c(cc3Br)OCO4)CC2)c(=O)n1Cc1ccccc1. The van der Waals surface area contributed by atoms with Crippen molar-refractivity contribution in [3.8, 4) is 11.5 Å². The fraction of sp³-hybridized carbons (Fsp3) is 0.440. The standard InChI is InChI=1S/C25H29BrN4O3/c1-18-27-30(25(31)29(18)16-20-5-3-2-4-6-20)12-11-28-9-7-19(8-10-28)13-21-14-23-24(15-22(21)26)33-17-32-23/h2-6,14-15,19H,7-13,16-17H2,1H3. The van der Waals surface area contributed by atoms with E-state index >= 15 is 0 Å². The van der Waals surface area contributed by atoms with Crippen molar-refractivity contribution in [2.24, 2.45) is 5.92 Å². The number of hydrogen-bond acceptors (Lipinski definition) is 5. The fourth-order valence-electron chi connectivity index (χ4n) is 4.72. The van der Waals surface area contributed by atoms with Gasteiger partial charge in [0.1, 0.15) is 5.82 Å². The molecule has 0 radical (unpaired) electrons. The van der Waals surface area contributed by atoms with E-state index in [2.05, 4.69) is 32.0 Å². The summed E-state index contributed by atoms with van der Waals surface area (Å²) in [6.07, 6.45) is 3.34. The molecule has 3 heterocycles. The number of hydrogen-bond donors (Lipinski definition) is 0. The Labute approximate surface area is 202 Å². The van der Waals surface area contributed by atoms with Gasteiger partial charge in [-0.2, -0.15) is 5.10 Å². The molecule has 1 saturated heterocycles. The van der Waals surface area contributed by atoms with E-state index in [-0.39, 0.29) is 5.69 Å². The monoisotopic (exact) mass is 512 g/mol. The molecule has 7 nitrogen and oxygen atoms in total. The van der Waals surface area contributed by atoms with Crippen LogP contribution in [0, 0.1) is 12.8 Å². The average Bonchev–Trinajstić information content (AvgIpc) is 3.38. The van der Waals surface area contributed by atoms with E-state index in [4.69, 9.17) is 9.47 Å². The Hall–Kier alpha value is -2.58. The minimum absolute atomic E-state index is 0.0288. The number of ether oxygens (including phenoxy) is 2. The van der Waals surface area contributed by atoms with E-state index in [0.29, 0.717) is 25.8 Å². The summed E-state index contributed by atoms with van der Waals surface area (Å²) in [5, 5.41) is 4.51. The Morgan fingerprint density at radius 3 is 2.55 bits per heavy atom. The number of nitrogens with zero attached hydrogens (tertiary/aromatic N) is 4. The van der Waals surface area contributed by atoms with E-state index in [1.165, 1.54) is 5.56 Å². The number of aromatic nitrogens is 3. The van der Waals surface area contributed by atoms with Crippen molar-refractivity contribution in [2.45, 2.75) is 39.3 Å². The van der Waals surface area contributed by atoms with Gasteiger partial charge in [0.25, 0.3) is 0 Å². The van der Waals surface area contributed by atoms with Crippen LogP contribution in [0.1, 0.15) is 29.8 Å². The molecule has 8 heteroatoms. The zero-order chi connectivity index (χ0) is 22.8. The summed E-state index contributed by atoms with van der Waals surface area (Å²) in [4.78, 5) is 15.3. The van der Waals surface area contributed by atoms with Crippen molar-refractivity contribution >= 4 is 15.9 Å². The average molecular weight is 513 g/mol. The van der Waals surface area contributed by atoms with Crippen LogP contribution < -0.4 is 15.2 Å². The second-order valence-electron chi connectivity index (χ2n) is 8.91. The van der Waals surface area contributed by atoms with Crippen LogP contribution in [0.4, 0.5) is 0 Å². The predicted molar refractivity (Wildman–Crippen MR) is 130 cm³/mol. The number of fused-ring (bicyclic) bond motifs is 1. The summed E-state index contributed by atoms with van der Waals surface area (Å²) in [5.74, 6) is 3.07. The zero-order valence-electron chi connectivity index (χ0n) is 18.9. The van der Waals surface area contributed by atoms with Crippen molar-refractivity contribution in [1.82, 2.24) is 19.2 Å². The smallest absolute Gasteiger partial charge is 0.346 e. The molecule has 5 rings (SSSR count). The summed E-state index contributed by atoms with van der Waals surface area (Å²) in [6.45, 7) is 6.34. The Morgan fingerprint density at radius 1 is 1.06 bits per heavy atom. The van der Waals surface area contributed by atoms with Crippen molar-refractivity contribution in [3.05, 3.63) is 74.4 Å². The van der Waals surface area contributed by atoms with Crippen molar-refractivity contribution in [2.75, 3.05) is 26.4 Å². The minimum Gasteiger partial charge on any atom is -0.454 e. The summed E-state index contributed by atoms with van der Waals surface area (Å²) in [5.41, 5.74) is 2.36. The first kappa shape index (κ1) is 22.2. The first-order valence-electron chi connectivity index (χ1n) is 11.6. The van der Waals surface area contributed by atoms with E-state index in [0.717, 1.165) is 66.3 Å². The molecule has 0 spiro atoms. The third-order valence-corrected chi connectivity index (χ3v) is 7.41. The van der Waals surface area contributed by atoms with Crippen molar-refractivity contribution in [1.29, 1.82) is 0 Å². The maximum absolute atomic E-state index is 12.9. The molecule has 2 aliphatic rings. The molecule has 1 fully saturated rings. The molecule has 0 bridgehead atoms. The van der Waals surface area contributed by atoms with Crippen LogP contribution >= 0.6 is 15.9 Å². The van der Waals surface area contributed by atoms with Gasteiger partial charge >= 0.3 is 5.69 Å². The highest BCUT2D eigenvalue weighted by molar-refractivity contribution is 9.10. The molecule has 0 N–H and O–H groups in total. The number of piperidine rings is 1. The Morgan fingerprint density at radius 2 is 1.79 bits per heavy atom. The largest absolute Gasteiger partial charge is 0.454 e. The zero-order valence-corrected chi connectivity index (χ0v) is 20.5. The van der Waals surface area contributed by atoms with Crippen LogP contribution in [-0.2, 0) is 19.5 Å². The Kier molecular flexibility index (Phi) is 6.55. The van der Waals surface area contributed by atoms with Gasteiger partial charge in [0, 0.05) is 11.0 Å². The van der Waals surface area contributed by atoms with Gasteiger partial charge < -0.3 is 14.4 Å². The third kappa shape index (κ3) is 5.01. The third-order valence-electron chi connectivity index (χ3n) is 6.68. The van der Waals surface area contributed by atoms with E-state index < -0.39 is 0 Å². The van der Waals surface area contributed by atoms with E-state index in [9.17, 15) is 4.79 Å². The molecule has 0 atom stereocenters. The predicted octanol–water partition coefficient (Wildman–Crippen LogP) is 3.85. The van der Waals surface area contributed by atoms with Gasteiger partial charge in [0.05, 0.1) is 13.1 Å². The molecule has 2 aliphatic heterocycles. The van der Waals surface area contributed by atoms with Crippen molar-refractivity contribution < 1.29 is 9.47 Å². The molecule has 0 unspecified atom stereocenters. The summed E-state index contributed by atoms with van der Waals surface area (Å²) >= 11 is 3.69. The summed E-state index contributed by atoms with van der Waals surface area (Å²) in [7, 11) is 0. The second kappa shape index (κ2) is 9.73. The van der Waals surface area contributed by atoms with Gasteiger partial charge in [0.2, 0.25) is 6.79 Å². The molecule has 1 aromatic heterocycles. The highest BCUT2D eigenvalue weighted by Gasteiger charge is 2.23. The lowest BCUT2D eigenvalue weighted by Gasteiger charge is -2.32. The molecule has 33 heavy (non-hydrogen) atoms. The van der Waals surface area contributed by atoms with Crippen LogP contribution in [0.15, 0.2) is 51.7 Å². The highest BCUT2D eigenvalue weighted by atomic mass is 79.9. The minimum atomic E-state index is -0.0288. The van der Waals surface area contributed by atoms with Gasteiger partial charge in [-0.05, 0) is 68.5 Å². The first-order valence-corrected chi connectivity index (χ1v) is 12.3. The maximum atomic E-state index is 12.9. The van der Waals surface area contributed by atoms with Gasteiger partial charge in [-0.15, -0.1) is 0 Å². The number of rotatable bonds is 7. The lowest BCUT2D eigenvalue weighted by Crippen LogP contribution is -2.38. The Bertz CT molecular complexity index is 1170. The summed E-state index contributed by atoms with van der Waals surface area (Å²) < 4.78 is 15.5. The van der Waals surface area contributed by atoms with Crippen LogP contribution in [-0.4, -0.2) is 45.7 Å². The topological polar surface area (TPSA) is 61.5 Å². The maximum Gasteiger partial charge on any atom is 0.346 e. The number of benzene rings is 2. The highest BCUT2D eigenvalue weighted by Crippen LogP contribution is 2.38. The molecule has 0 saturated carbocycles. The lowest BCUT2D eigenvalue weighted by atomic mass is 9.90. The van der Waals surface area contributed by atoms with Gasteiger partial charge in [-0.3, -0.25) is 4.57 Å². The quantitative estimate of drug-likeness (QED) is 0.481. The van der Waals surface area contributed by atoms with Gasteiger partial charge in [-0.25, -0.2) is 9.48 Å². The lowest BCUT2D eigenvalue weighted by molar-refractivity contribution is 0.173. The van der Waals surface area contributed by atoms with Crippen LogP contribution in [0.25, 0.3) is 0 Å². The number of halogens is 1. The molecule has 0 aliphatic carbocycles.